The molecule has 0 amide bonds. The second kappa shape index (κ2) is 6.00. The summed E-state index contributed by atoms with van der Waals surface area (Å²) in [6.07, 6.45) is 9.02. The van der Waals surface area contributed by atoms with Crippen molar-refractivity contribution in [2.24, 2.45) is 0 Å². The Bertz CT molecular complexity index is 307. The maximum atomic E-state index is 6.42. The van der Waals surface area contributed by atoms with E-state index in [-0.39, 0.29) is 5.60 Å². The molecular weight excluding hydrogens is 306 g/mol. The monoisotopic (exact) mass is 331 g/mol. The first-order valence-electron chi connectivity index (χ1n) is 7.81. The molecule has 2 aliphatic heterocycles. The smallest absolute Gasteiger partial charge is 0.0802 e. The quantitative estimate of drug-likeness (QED) is 0.742. The highest BCUT2D eigenvalue weighted by Crippen LogP contribution is 2.43. The van der Waals surface area contributed by atoms with E-state index in [4.69, 9.17) is 9.47 Å². The van der Waals surface area contributed by atoms with Crippen molar-refractivity contribution in [2.75, 3.05) is 25.0 Å². The van der Waals surface area contributed by atoms with Gasteiger partial charge in [-0.15, -0.1) is 0 Å². The Morgan fingerprint density at radius 2 is 1.95 bits per heavy atom. The molecule has 0 radical (unpaired) electrons. The molecule has 3 aliphatic rings. The molecule has 0 aromatic heterocycles. The van der Waals surface area contributed by atoms with Crippen LogP contribution < -0.4 is 0 Å². The molecule has 110 valence electrons. The van der Waals surface area contributed by atoms with Crippen LogP contribution in [-0.4, -0.2) is 53.8 Å². The van der Waals surface area contributed by atoms with E-state index in [2.05, 4.69) is 27.8 Å². The van der Waals surface area contributed by atoms with Gasteiger partial charge in [-0.25, -0.2) is 0 Å². The fourth-order valence-corrected chi connectivity index (χ4v) is 4.43. The van der Waals surface area contributed by atoms with Gasteiger partial charge in [-0.2, -0.15) is 0 Å². The summed E-state index contributed by atoms with van der Waals surface area (Å²) in [5.74, 6) is 0. The lowest BCUT2D eigenvalue weighted by atomic mass is 9.98. The zero-order valence-corrected chi connectivity index (χ0v) is 13.5. The second-order valence-electron chi connectivity index (χ2n) is 6.61. The SMILES string of the molecule is CC1CN(CC2CCC3(CCCC3)O2)CC(CBr)O1. The van der Waals surface area contributed by atoms with Gasteiger partial charge in [-0.05, 0) is 32.6 Å². The fraction of sp³-hybridized carbons (Fsp3) is 1.00. The van der Waals surface area contributed by atoms with Crippen molar-refractivity contribution in [2.45, 2.75) is 69.4 Å². The van der Waals surface area contributed by atoms with E-state index in [9.17, 15) is 0 Å². The average Bonchev–Trinajstić information content (AvgIpc) is 3.00. The van der Waals surface area contributed by atoms with Crippen LogP contribution in [0.1, 0.15) is 45.4 Å². The molecule has 19 heavy (non-hydrogen) atoms. The van der Waals surface area contributed by atoms with Crippen LogP contribution in [0.5, 0.6) is 0 Å². The number of nitrogens with zero attached hydrogens (tertiary/aromatic N) is 1. The van der Waals surface area contributed by atoms with E-state index < -0.39 is 0 Å². The van der Waals surface area contributed by atoms with Crippen LogP contribution in [0, 0.1) is 0 Å². The number of hydrogen-bond acceptors (Lipinski definition) is 3. The van der Waals surface area contributed by atoms with Crippen LogP contribution in [0.3, 0.4) is 0 Å². The Labute approximate surface area is 125 Å². The fourth-order valence-electron chi connectivity index (χ4n) is 4.07. The molecule has 3 fully saturated rings. The summed E-state index contributed by atoms with van der Waals surface area (Å²) in [5.41, 5.74) is 0.275. The number of rotatable bonds is 3. The average molecular weight is 332 g/mol. The first-order valence-corrected chi connectivity index (χ1v) is 8.93. The summed E-state index contributed by atoms with van der Waals surface area (Å²) < 4.78 is 12.3. The summed E-state index contributed by atoms with van der Waals surface area (Å²) in [7, 11) is 0. The Hall–Kier alpha value is 0.360. The van der Waals surface area contributed by atoms with E-state index in [0.29, 0.717) is 18.3 Å². The zero-order chi connectivity index (χ0) is 13.3. The third-order valence-corrected chi connectivity index (χ3v) is 5.61. The van der Waals surface area contributed by atoms with E-state index >= 15 is 0 Å². The first kappa shape index (κ1) is 14.3. The van der Waals surface area contributed by atoms with Gasteiger partial charge in [0.2, 0.25) is 0 Å². The lowest BCUT2D eigenvalue weighted by molar-refractivity contribution is -0.0912. The normalized spacial score (nSPS) is 39.2. The standard InChI is InChI=1S/C15H26BrNO2/c1-12-9-17(11-14(8-16)18-12)10-13-4-7-15(19-13)5-2-3-6-15/h12-14H,2-11H2,1H3. The molecule has 1 aliphatic carbocycles. The van der Waals surface area contributed by atoms with Crippen LogP contribution in [0.4, 0.5) is 0 Å². The molecule has 3 unspecified atom stereocenters. The highest BCUT2D eigenvalue weighted by molar-refractivity contribution is 9.09. The van der Waals surface area contributed by atoms with Crippen molar-refractivity contribution in [1.29, 1.82) is 0 Å². The number of halogens is 1. The van der Waals surface area contributed by atoms with E-state index in [1.807, 2.05) is 0 Å². The number of morpholine rings is 1. The van der Waals surface area contributed by atoms with Crippen LogP contribution in [0.2, 0.25) is 0 Å². The van der Waals surface area contributed by atoms with Gasteiger partial charge in [0, 0.05) is 25.0 Å². The summed E-state index contributed by atoms with van der Waals surface area (Å²) >= 11 is 3.54. The molecule has 0 bridgehead atoms. The maximum Gasteiger partial charge on any atom is 0.0802 e. The minimum Gasteiger partial charge on any atom is -0.372 e. The summed E-state index contributed by atoms with van der Waals surface area (Å²) in [6.45, 7) is 5.37. The van der Waals surface area contributed by atoms with Gasteiger partial charge in [-0.1, -0.05) is 28.8 Å². The number of hydrogen-bond donors (Lipinski definition) is 0. The Morgan fingerprint density at radius 1 is 1.16 bits per heavy atom. The number of ether oxygens (including phenoxy) is 2. The molecule has 0 aromatic rings. The summed E-state index contributed by atoms with van der Waals surface area (Å²) in [5, 5.41) is 0.934. The van der Waals surface area contributed by atoms with Crippen LogP contribution >= 0.6 is 15.9 Å². The first-order chi connectivity index (χ1) is 9.19. The molecule has 0 aromatic carbocycles. The molecule has 4 heteroatoms. The molecular formula is C15H26BrNO2. The Kier molecular flexibility index (Phi) is 4.52. The topological polar surface area (TPSA) is 21.7 Å². The van der Waals surface area contributed by atoms with E-state index in [0.717, 1.165) is 25.0 Å². The minimum absolute atomic E-state index is 0.275. The molecule has 3 rings (SSSR count). The molecule has 1 spiro atoms. The van der Waals surface area contributed by atoms with Crippen molar-refractivity contribution < 1.29 is 9.47 Å². The third kappa shape index (κ3) is 3.34. The van der Waals surface area contributed by atoms with Crippen LogP contribution in [-0.2, 0) is 9.47 Å². The molecule has 2 saturated heterocycles. The van der Waals surface area contributed by atoms with Gasteiger partial charge in [0.1, 0.15) is 0 Å². The molecule has 2 heterocycles. The van der Waals surface area contributed by atoms with Crippen molar-refractivity contribution in [3.63, 3.8) is 0 Å². The van der Waals surface area contributed by atoms with E-state index in [1.165, 1.54) is 38.5 Å². The van der Waals surface area contributed by atoms with E-state index in [1.54, 1.807) is 0 Å². The molecule has 0 N–H and O–H groups in total. The van der Waals surface area contributed by atoms with Gasteiger partial charge < -0.3 is 9.47 Å². The summed E-state index contributed by atoms with van der Waals surface area (Å²) in [6, 6.07) is 0. The maximum absolute atomic E-state index is 6.42. The molecule has 3 nitrogen and oxygen atoms in total. The Morgan fingerprint density at radius 3 is 2.68 bits per heavy atom. The molecule has 1 saturated carbocycles. The van der Waals surface area contributed by atoms with Crippen molar-refractivity contribution in [3.05, 3.63) is 0 Å². The van der Waals surface area contributed by atoms with Crippen molar-refractivity contribution in [1.82, 2.24) is 4.90 Å². The van der Waals surface area contributed by atoms with Crippen molar-refractivity contribution >= 4 is 15.9 Å². The largest absolute Gasteiger partial charge is 0.372 e. The predicted molar refractivity (Wildman–Crippen MR) is 79.9 cm³/mol. The van der Waals surface area contributed by atoms with Gasteiger partial charge >= 0.3 is 0 Å². The summed E-state index contributed by atoms with van der Waals surface area (Å²) in [4.78, 5) is 2.54. The lowest BCUT2D eigenvalue weighted by Gasteiger charge is -2.37. The second-order valence-corrected chi connectivity index (χ2v) is 7.26. The Balaban J connectivity index is 1.51. The van der Waals surface area contributed by atoms with Gasteiger partial charge in [-0.3, -0.25) is 4.90 Å². The minimum atomic E-state index is 0.275. The number of alkyl halides is 1. The van der Waals surface area contributed by atoms with Gasteiger partial charge in [0.15, 0.2) is 0 Å². The van der Waals surface area contributed by atoms with Crippen molar-refractivity contribution in [3.8, 4) is 0 Å². The highest BCUT2D eigenvalue weighted by atomic mass is 79.9. The van der Waals surface area contributed by atoms with Gasteiger partial charge in [0.05, 0.1) is 23.9 Å². The van der Waals surface area contributed by atoms with Gasteiger partial charge in [0.25, 0.3) is 0 Å². The zero-order valence-electron chi connectivity index (χ0n) is 11.9. The van der Waals surface area contributed by atoms with Crippen LogP contribution in [0.25, 0.3) is 0 Å². The molecule has 3 atom stereocenters. The predicted octanol–water partition coefficient (Wildman–Crippen LogP) is 2.96. The lowest BCUT2D eigenvalue weighted by Crippen LogP contribution is -2.49. The third-order valence-electron chi connectivity index (χ3n) is 4.89. The highest BCUT2D eigenvalue weighted by Gasteiger charge is 2.42. The van der Waals surface area contributed by atoms with Crippen LogP contribution in [0.15, 0.2) is 0 Å².